The number of hydrogen-bond acceptors (Lipinski definition) is 4. The lowest BCUT2D eigenvalue weighted by molar-refractivity contribution is -0.136. The van der Waals surface area contributed by atoms with Crippen molar-refractivity contribution >= 4 is 57.8 Å². The standard InChI is InChI=1S/C20H17Cl2IO4/c1-3-8-26-19(24)7-4-13-9-17(23)20(18(10-13)25-2)27-12-14-5-6-15(21)11-16(14)22/h3-7,9-11H,1,8,12H2,2H3/b7-4+. The second-order valence-electron chi connectivity index (χ2n) is 5.31. The fourth-order valence-corrected chi connectivity index (χ4v) is 3.36. The van der Waals surface area contributed by atoms with E-state index in [1.165, 1.54) is 12.2 Å². The van der Waals surface area contributed by atoms with Gasteiger partial charge in [-0.05, 0) is 58.5 Å². The molecule has 0 saturated carbocycles. The van der Waals surface area contributed by atoms with Gasteiger partial charge in [-0.1, -0.05) is 41.9 Å². The van der Waals surface area contributed by atoms with Crippen LogP contribution < -0.4 is 9.47 Å². The van der Waals surface area contributed by atoms with E-state index in [2.05, 4.69) is 29.2 Å². The number of carbonyl (C=O) groups excluding carboxylic acids is 1. The summed E-state index contributed by atoms with van der Waals surface area (Å²) < 4.78 is 17.1. The summed E-state index contributed by atoms with van der Waals surface area (Å²) in [6.07, 6.45) is 4.51. The van der Waals surface area contributed by atoms with Gasteiger partial charge in [-0.3, -0.25) is 0 Å². The molecule has 0 aliphatic rings. The molecule has 7 heteroatoms. The number of ether oxygens (including phenoxy) is 3. The number of esters is 1. The molecule has 0 N–H and O–H groups in total. The minimum absolute atomic E-state index is 0.171. The number of benzene rings is 2. The lowest BCUT2D eigenvalue weighted by atomic mass is 10.2. The number of rotatable bonds is 8. The van der Waals surface area contributed by atoms with E-state index in [0.717, 1.165) is 14.7 Å². The topological polar surface area (TPSA) is 44.8 Å². The maximum Gasteiger partial charge on any atom is 0.331 e. The third-order valence-corrected chi connectivity index (χ3v) is 4.78. The third-order valence-electron chi connectivity index (χ3n) is 3.39. The first-order chi connectivity index (χ1) is 12.9. The van der Waals surface area contributed by atoms with Gasteiger partial charge in [0.15, 0.2) is 11.5 Å². The van der Waals surface area contributed by atoms with Crippen molar-refractivity contribution < 1.29 is 19.0 Å². The second-order valence-corrected chi connectivity index (χ2v) is 7.32. The molecule has 0 heterocycles. The molecule has 2 aromatic carbocycles. The normalized spacial score (nSPS) is 10.7. The summed E-state index contributed by atoms with van der Waals surface area (Å²) in [6.45, 7) is 3.94. The molecule has 27 heavy (non-hydrogen) atoms. The van der Waals surface area contributed by atoms with Crippen molar-refractivity contribution in [1.29, 1.82) is 0 Å². The molecule has 0 atom stereocenters. The Morgan fingerprint density at radius 2 is 2.04 bits per heavy atom. The second kappa shape index (κ2) is 10.6. The monoisotopic (exact) mass is 518 g/mol. The molecule has 0 fully saturated rings. The lowest BCUT2D eigenvalue weighted by Crippen LogP contribution is -2.01. The largest absolute Gasteiger partial charge is 0.493 e. The van der Waals surface area contributed by atoms with E-state index in [1.54, 1.807) is 31.4 Å². The Hall–Kier alpha value is -1.70. The van der Waals surface area contributed by atoms with Crippen LogP contribution in [-0.4, -0.2) is 19.7 Å². The van der Waals surface area contributed by atoms with Gasteiger partial charge in [0, 0.05) is 21.7 Å². The maximum absolute atomic E-state index is 11.6. The van der Waals surface area contributed by atoms with E-state index in [9.17, 15) is 4.79 Å². The number of methoxy groups -OCH3 is 1. The van der Waals surface area contributed by atoms with Crippen LogP contribution in [0.1, 0.15) is 11.1 Å². The van der Waals surface area contributed by atoms with Crippen molar-refractivity contribution in [2.75, 3.05) is 13.7 Å². The van der Waals surface area contributed by atoms with E-state index in [0.29, 0.717) is 21.5 Å². The third kappa shape index (κ3) is 6.45. The highest BCUT2D eigenvalue weighted by molar-refractivity contribution is 14.1. The van der Waals surface area contributed by atoms with Gasteiger partial charge in [-0.25, -0.2) is 4.79 Å². The van der Waals surface area contributed by atoms with E-state index < -0.39 is 5.97 Å². The smallest absolute Gasteiger partial charge is 0.331 e. The Bertz CT molecular complexity index is 865. The Morgan fingerprint density at radius 3 is 2.70 bits per heavy atom. The summed E-state index contributed by atoms with van der Waals surface area (Å²) in [7, 11) is 1.55. The Morgan fingerprint density at radius 1 is 1.26 bits per heavy atom. The molecule has 0 unspecified atom stereocenters. The van der Waals surface area contributed by atoms with Gasteiger partial charge in [-0.2, -0.15) is 0 Å². The van der Waals surface area contributed by atoms with E-state index in [1.807, 2.05) is 12.1 Å². The highest BCUT2D eigenvalue weighted by atomic mass is 127. The van der Waals surface area contributed by atoms with Gasteiger partial charge in [0.1, 0.15) is 13.2 Å². The number of hydrogen-bond donors (Lipinski definition) is 0. The Balaban J connectivity index is 2.16. The van der Waals surface area contributed by atoms with Crippen molar-refractivity contribution in [2.24, 2.45) is 0 Å². The van der Waals surface area contributed by atoms with Gasteiger partial charge < -0.3 is 14.2 Å². The van der Waals surface area contributed by atoms with E-state index >= 15 is 0 Å². The molecule has 4 nitrogen and oxygen atoms in total. The van der Waals surface area contributed by atoms with Crippen LogP contribution in [0.4, 0.5) is 0 Å². The summed E-state index contributed by atoms with van der Waals surface area (Å²) in [6, 6.07) is 8.89. The zero-order valence-electron chi connectivity index (χ0n) is 14.5. The predicted octanol–water partition coefficient (Wildman–Crippen LogP) is 5.93. The Labute approximate surface area is 181 Å². The fraction of sp³-hybridized carbons (Fsp3) is 0.150. The lowest BCUT2D eigenvalue weighted by Gasteiger charge is -2.14. The van der Waals surface area contributed by atoms with Crippen LogP contribution in [0.15, 0.2) is 49.1 Å². The maximum atomic E-state index is 11.6. The van der Waals surface area contributed by atoms with Crippen molar-refractivity contribution in [3.8, 4) is 11.5 Å². The molecule has 0 saturated heterocycles. The first kappa shape index (κ1) is 21.6. The zero-order valence-corrected chi connectivity index (χ0v) is 18.2. The summed E-state index contributed by atoms with van der Waals surface area (Å²) in [4.78, 5) is 11.6. The molecule has 0 spiro atoms. The molecule has 2 rings (SSSR count). The highest BCUT2D eigenvalue weighted by Crippen LogP contribution is 2.35. The van der Waals surface area contributed by atoms with Crippen LogP contribution in [0.2, 0.25) is 10.0 Å². The summed E-state index contributed by atoms with van der Waals surface area (Å²) >= 11 is 14.2. The van der Waals surface area contributed by atoms with Crippen molar-refractivity contribution in [3.05, 3.63) is 73.8 Å². The molecule has 142 valence electrons. The van der Waals surface area contributed by atoms with Crippen LogP contribution in [0, 0.1) is 3.57 Å². The van der Waals surface area contributed by atoms with E-state index in [-0.39, 0.29) is 13.2 Å². The van der Waals surface area contributed by atoms with Gasteiger partial charge >= 0.3 is 5.97 Å². The number of halogens is 3. The molecule has 0 radical (unpaired) electrons. The quantitative estimate of drug-likeness (QED) is 0.188. The van der Waals surface area contributed by atoms with Crippen molar-refractivity contribution in [1.82, 2.24) is 0 Å². The van der Waals surface area contributed by atoms with Gasteiger partial charge in [-0.15, -0.1) is 0 Å². The molecule has 0 aliphatic carbocycles. The van der Waals surface area contributed by atoms with Crippen molar-refractivity contribution in [3.63, 3.8) is 0 Å². The summed E-state index contributed by atoms with van der Waals surface area (Å²) in [5.41, 5.74) is 1.59. The van der Waals surface area contributed by atoms with E-state index in [4.69, 9.17) is 37.4 Å². The zero-order chi connectivity index (χ0) is 19.8. The molecule has 2 aromatic rings. The molecule has 0 aromatic heterocycles. The fourth-order valence-electron chi connectivity index (χ4n) is 2.12. The molecular formula is C20H17Cl2IO4. The van der Waals surface area contributed by atoms with Crippen LogP contribution in [0.5, 0.6) is 11.5 Å². The average Bonchev–Trinajstić information content (AvgIpc) is 2.64. The number of carbonyl (C=O) groups is 1. The minimum atomic E-state index is -0.443. The van der Waals surface area contributed by atoms with Crippen LogP contribution >= 0.6 is 45.8 Å². The van der Waals surface area contributed by atoms with Gasteiger partial charge in [0.2, 0.25) is 0 Å². The van der Waals surface area contributed by atoms with Crippen molar-refractivity contribution in [2.45, 2.75) is 6.61 Å². The highest BCUT2D eigenvalue weighted by Gasteiger charge is 2.12. The Kier molecular flexibility index (Phi) is 8.47. The van der Waals surface area contributed by atoms with Gasteiger partial charge in [0.05, 0.1) is 10.7 Å². The van der Waals surface area contributed by atoms with Crippen LogP contribution in [0.3, 0.4) is 0 Å². The predicted molar refractivity (Wildman–Crippen MR) is 117 cm³/mol. The first-order valence-electron chi connectivity index (χ1n) is 7.84. The summed E-state index contributed by atoms with van der Waals surface area (Å²) in [5.74, 6) is 0.697. The van der Waals surface area contributed by atoms with Gasteiger partial charge in [0.25, 0.3) is 0 Å². The summed E-state index contributed by atoms with van der Waals surface area (Å²) in [5, 5.41) is 1.10. The molecule has 0 amide bonds. The molecular weight excluding hydrogens is 502 g/mol. The molecule has 0 bridgehead atoms. The minimum Gasteiger partial charge on any atom is -0.493 e. The molecule has 0 aliphatic heterocycles. The first-order valence-corrected chi connectivity index (χ1v) is 9.68. The average molecular weight is 519 g/mol. The van der Waals surface area contributed by atoms with Crippen LogP contribution in [-0.2, 0) is 16.1 Å². The SMILES string of the molecule is C=CCOC(=O)/C=C/c1cc(I)c(OCc2ccc(Cl)cc2Cl)c(OC)c1. The van der Waals surface area contributed by atoms with Crippen LogP contribution in [0.25, 0.3) is 6.08 Å².